The first-order valence-corrected chi connectivity index (χ1v) is 7.83. The summed E-state index contributed by atoms with van der Waals surface area (Å²) in [5.41, 5.74) is 1.20. The zero-order valence-corrected chi connectivity index (χ0v) is 14.0. The van der Waals surface area contributed by atoms with Crippen LogP contribution in [0.1, 0.15) is 32.3 Å². The highest BCUT2D eigenvalue weighted by molar-refractivity contribution is 5.13. The van der Waals surface area contributed by atoms with Crippen molar-refractivity contribution < 1.29 is 14.2 Å². The molecule has 0 saturated carbocycles. The molecule has 0 aromatic heterocycles. The molecule has 122 valence electrons. The van der Waals surface area contributed by atoms with Crippen LogP contribution in [0.4, 0.5) is 0 Å². The van der Waals surface area contributed by atoms with E-state index in [9.17, 15) is 0 Å². The second-order valence-corrected chi connectivity index (χ2v) is 5.84. The predicted molar refractivity (Wildman–Crippen MR) is 89.2 cm³/mol. The summed E-state index contributed by atoms with van der Waals surface area (Å²) < 4.78 is 16.4. The summed E-state index contributed by atoms with van der Waals surface area (Å²) in [4.78, 5) is 0. The lowest BCUT2D eigenvalue weighted by Gasteiger charge is -2.25. The van der Waals surface area contributed by atoms with Crippen LogP contribution in [0.5, 0.6) is 0 Å². The van der Waals surface area contributed by atoms with Gasteiger partial charge in [-0.2, -0.15) is 0 Å². The van der Waals surface area contributed by atoms with E-state index in [0.717, 1.165) is 13.0 Å². The van der Waals surface area contributed by atoms with Gasteiger partial charge in [-0.05, 0) is 23.8 Å². The van der Waals surface area contributed by atoms with Crippen LogP contribution < -0.4 is 0 Å². The molecule has 0 radical (unpaired) electrons. The van der Waals surface area contributed by atoms with Gasteiger partial charge in [0.2, 0.25) is 0 Å². The van der Waals surface area contributed by atoms with E-state index in [1.54, 1.807) is 7.11 Å². The van der Waals surface area contributed by atoms with Crippen LogP contribution >= 0.6 is 0 Å². The monoisotopic (exact) mass is 304 g/mol. The van der Waals surface area contributed by atoms with Crippen molar-refractivity contribution in [2.75, 3.05) is 20.5 Å². The quantitative estimate of drug-likeness (QED) is 0.459. The molecule has 0 unspecified atom stereocenters. The summed E-state index contributed by atoms with van der Waals surface area (Å²) in [7, 11) is 1.62. The zero-order valence-electron chi connectivity index (χ0n) is 14.0. The van der Waals surface area contributed by atoms with Crippen LogP contribution in [0.15, 0.2) is 30.3 Å². The standard InChI is InChI=1S/C19H28O3/c1-5-9-19(22-15-20-4)17(3)12-16(2)13-21-14-18-10-7-6-8-11-18/h1,6-8,10-11,16-17,19H,9,12-15H2,2-4H3/t16-,17-,19-/m0/s1. The van der Waals surface area contributed by atoms with Gasteiger partial charge in [0.15, 0.2) is 0 Å². The number of methoxy groups -OCH3 is 1. The van der Waals surface area contributed by atoms with Crippen LogP contribution in [0, 0.1) is 24.2 Å². The van der Waals surface area contributed by atoms with Gasteiger partial charge in [-0.15, -0.1) is 12.3 Å². The zero-order chi connectivity index (χ0) is 16.2. The van der Waals surface area contributed by atoms with Crippen molar-refractivity contribution in [1.82, 2.24) is 0 Å². The Kier molecular flexibility index (Phi) is 9.57. The number of benzene rings is 1. The minimum absolute atomic E-state index is 0.0431. The van der Waals surface area contributed by atoms with Crippen LogP contribution in [0.2, 0.25) is 0 Å². The molecular weight excluding hydrogens is 276 g/mol. The minimum Gasteiger partial charge on any atom is -0.376 e. The van der Waals surface area contributed by atoms with Crippen molar-refractivity contribution in [3.05, 3.63) is 35.9 Å². The normalized spacial score (nSPS) is 15.0. The Morgan fingerprint density at radius 1 is 1.18 bits per heavy atom. The largest absolute Gasteiger partial charge is 0.376 e. The highest BCUT2D eigenvalue weighted by Gasteiger charge is 2.19. The molecule has 0 aliphatic carbocycles. The highest BCUT2D eigenvalue weighted by Crippen LogP contribution is 2.20. The summed E-state index contributed by atoms with van der Waals surface area (Å²) in [6.07, 6.45) is 7.09. The fourth-order valence-electron chi connectivity index (χ4n) is 2.50. The first-order valence-electron chi connectivity index (χ1n) is 7.83. The Morgan fingerprint density at radius 2 is 1.91 bits per heavy atom. The van der Waals surface area contributed by atoms with Gasteiger partial charge in [0.25, 0.3) is 0 Å². The molecule has 0 bridgehead atoms. The first-order chi connectivity index (χ1) is 10.7. The number of hydrogen-bond donors (Lipinski definition) is 0. The number of hydrogen-bond acceptors (Lipinski definition) is 3. The van der Waals surface area contributed by atoms with Crippen molar-refractivity contribution >= 4 is 0 Å². The van der Waals surface area contributed by atoms with Crippen molar-refractivity contribution in [2.45, 2.75) is 39.4 Å². The van der Waals surface area contributed by atoms with E-state index >= 15 is 0 Å². The van der Waals surface area contributed by atoms with Crippen molar-refractivity contribution in [2.24, 2.45) is 11.8 Å². The maximum Gasteiger partial charge on any atom is 0.146 e. The Labute approximate surface area is 135 Å². The van der Waals surface area contributed by atoms with Gasteiger partial charge in [0.05, 0.1) is 12.7 Å². The molecule has 3 heteroatoms. The smallest absolute Gasteiger partial charge is 0.146 e. The molecule has 1 aromatic rings. The topological polar surface area (TPSA) is 27.7 Å². The molecule has 0 saturated heterocycles. The van der Waals surface area contributed by atoms with E-state index in [1.807, 2.05) is 18.2 Å². The molecular formula is C19H28O3. The molecule has 0 fully saturated rings. The molecule has 0 aliphatic heterocycles. The highest BCUT2D eigenvalue weighted by atomic mass is 16.7. The number of terminal acetylenes is 1. The summed E-state index contributed by atoms with van der Waals surface area (Å²) in [6.45, 7) is 6.06. The molecule has 0 heterocycles. The van der Waals surface area contributed by atoms with Crippen LogP contribution in [0.25, 0.3) is 0 Å². The third-order valence-corrected chi connectivity index (χ3v) is 3.64. The van der Waals surface area contributed by atoms with E-state index < -0.39 is 0 Å². The van der Waals surface area contributed by atoms with Gasteiger partial charge >= 0.3 is 0 Å². The Bertz CT molecular complexity index is 424. The maximum absolute atomic E-state index is 5.80. The number of rotatable bonds is 11. The maximum atomic E-state index is 5.80. The summed E-state index contributed by atoms with van der Waals surface area (Å²) in [5, 5.41) is 0. The van der Waals surface area contributed by atoms with Gasteiger partial charge in [0.1, 0.15) is 6.79 Å². The van der Waals surface area contributed by atoms with Crippen molar-refractivity contribution in [1.29, 1.82) is 0 Å². The molecule has 1 aromatic carbocycles. The van der Waals surface area contributed by atoms with E-state index in [1.165, 1.54) is 5.56 Å². The van der Waals surface area contributed by atoms with Gasteiger partial charge < -0.3 is 14.2 Å². The SMILES string of the molecule is C#CC[C@H](OCOC)[C@@H](C)C[C@H](C)COCc1ccccc1. The summed E-state index contributed by atoms with van der Waals surface area (Å²) >= 11 is 0. The molecule has 3 nitrogen and oxygen atoms in total. The van der Waals surface area contributed by atoms with Gasteiger partial charge in [-0.1, -0.05) is 44.2 Å². The Hall–Kier alpha value is -1.34. The van der Waals surface area contributed by atoms with Crippen molar-refractivity contribution in [3.8, 4) is 12.3 Å². The van der Waals surface area contributed by atoms with E-state index in [-0.39, 0.29) is 12.9 Å². The lowest BCUT2D eigenvalue weighted by Crippen LogP contribution is -2.25. The van der Waals surface area contributed by atoms with Gasteiger partial charge in [-0.3, -0.25) is 0 Å². The molecule has 0 amide bonds. The molecule has 22 heavy (non-hydrogen) atoms. The fraction of sp³-hybridized carbons (Fsp3) is 0.579. The second kappa shape index (κ2) is 11.3. The molecule has 0 spiro atoms. The molecule has 0 aliphatic rings. The Balaban J connectivity index is 2.29. The van der Waals surface area contributed by atoms with Crippen LogP contribution in [-0.4, -0.2) is 26.6 Å². The lowest BCUT2D eigenvalue weighted by atomic mass is 9.91. The van der Waals surface area contributed by atoms with Crippen LogP contribution in [-0.2, 0) is 20.8 Å². The minimum atomic E-state index is 0.0431. The molecule has 0 N–H and O–H groups in total. The van der Waals surface area contributed by atoms with Gasteiger partial charge in [0, 0.05) is 20.1 Å². The third kappa shape index (κ3) is 7.61. The first kappa shape index (κ1) is 18.7. The molecule has 1 rings (SSSR count). The number of ether oxygens (including phenoxy) is 3. The fourth-order valence-corrected chi connectivity index (χ4v) is 2.50. The second-order valence-electron chi connectivity index (χ2n) is 5.84. The van der Waals surface area contributed by atoms with E-state index in [2.05, 4.69) is 31.9 Å². The van der Waals surface area contributed by atoms with Gasteiger partial charge in [-0.25, -0.2) is 0 Å². The van der Waals surface area contributed by atoms with Crippen molar-refractivity contribution in [3.63, 3.8) is 0 Å². The Morgan fingerprint density at radius 3 is 2.55 bits per heavy atom. The molecule has 3 atom stereocenters. The average Bonchev–Trinajstić information content (AvgIpc) is 2.52. The lowest BCUT2D eigenvalue weighted by molar-refractivity contribution is -0.0903. The summed E-state index contributed by atoms with van der Waals surface area (Å²) in [5.74, 6) is 3.52. The predicted octanol–water partition coefficient (Wildman–Crippen LogP) is 3.88. The summed E-state index contributed by atoms with van der Waals surface area (Å²) in [6, 6.07) is 10.2. The third-order valence-electron chi connectivity index (χ3n) is 3.64. The van der Waals surface area contributed by atoms with E-state index in [4.69, 9.17) is 20.6 Å². The van der Waals surface area contributed by atoms with E-state index in [0.29, 0.717) is 24.9 Å². The average molecular weight is 304 g/mol. The van der Waals surface area contributed by atoms with Crippen LogP contribution in [0.3, 0.4) is 0 Å².